The third kappa shape index (κ3) is 4.32. The summed E-state index contributed by atoms with van der Waals surface area (Å²) in [5, 5.41) is 0. The predicted molar refractivity (Wildman–Crippen MR) is 38.4 cm³/mol. The van der Waals surface area contributed by atoms with E-state index >= 15 is 0 Å². The molecule has 0 heterocycles. The number of esters is 1. The molecule has 1 atom stereocenters. The molecule has 0 fully saturated rings. The number of ether oxygens (including phenoxy) is 1. The van der Waals surface area contributed by atoms with Gasteiger partial charge in [-0.15, -0.1) is 0 Å². The molecule has 0 saturated carbocycles. The molecule has 0 aliphatic rings. The molecule has 0 aliphatic heterocycles. The summed E-state index contributed by atoms with van der Waals surface area (Å²) in [6.07, 6.45) is -0.150. The summed E-state index contributed by atoms with van der Waals surface area (Å²) in [5.41, 5.74) is 9.98. The molecule has 1 unspecified atom stereocenters. The van der Waals surface area contributed by atoms with Crippen molar-refractivity contribution < 1.29 is 14.3 Å². The smallest absolute Gasteiger partial charge is 0.307 e. The van der Waals surface area contributed by atoms with Crippen LogP contribution in [0.25, 0.3) is 0 Å². The van der Waals surface area contributed by atoms with Crippen LogP contribution < -0.4 is 11.5 Å². The van der Waals surface area contributed by atoms with Crippen molar-refractivity contribution in [1.29, 1.82) is 0 Å². The highest BCUT2D eigenvalue weighted by Gasteiger charge is 2.14. The summed E-state index contributed by atoms with van der Waals surface area (Å²) in [4.78, 5) is 21.0. The first-order chi connectivity index (χ1) is 5.07. The van der Waals surface area contributed by atoms with Crippen LogP contribution in [-0.2, 0) is 14.3 Å². The summed E-state index contributed by atoms with van der Waals surface area (Å²) >= 11 is 0. The third-order valence-electron chi connectivity index (χ3n) is 1.06. The van der Waals surface area contributed by atoms with Gasteiger partial charge in [-0.1, -0.05) is 0 Å². The number of hydrogen-bond acceptors (Lipinski definition) is 4. The minimum atomic E-state index is -0.936. The summed E-state index contributed by atoms with van der Waals surface area (Å²) in [7, 11) is 0. The van der Waals surface area contributed by atoms with E-state index in [0.29, 0.717) is 0 Å². The predicted octanol–water partition coefficient (Wildman–Crippen LogP) is -1.25. The van der Waals surface area contributed by atoms with E-state index in [1.54, 1.807) is 6.92 Å². The Labute approximate surface area is 64.7 Å². The van der Waals surface area contributed by atoms with E-state index in [1.165, 1.54) is 0 Å². The van der Waals surface area contributed by atoms with Gasteiger partial charge in [0.15, 0.2) is 0 Å². The quantitative estimate of drug-likeness (QED) is 0.502. The second-order valence-corrected chi connectivity index (χ2v) is 2.02. The molecule has 4 N–H and O–H groups in total. The molecule has 5 heteroatoms. The third-order valence-corrected chi connectivity index (χ3v) is 1.06. The van der Waals surface area contributed by atoms with Crippen molar-refractivity contribution in [3.8, 4) is 0 Å². The van der Waals surface area contributed by atoms with E-state index in [-0.39, 0.29) is 13.0 Å². The summed E-state index contributed by atoms with van der Waals surface area (Å²) < 4.78 is 4.54. The molecular weight excluding hydrogens is 148 g/mol. The molecule has 0 saturated heterocycles. The highest BCUT2D eigenvalue weighted by molar-refractivity contribution is 5.84. The van der Waals surface area contributed by atoms with E-state index in [4.69, 9.17) is 11.5 Å². The standard InChI is InChI=1S/C6H12N2O3/c1-2-11-5(9)3-4(7)6(8)10/h4H,2-3,7H2,1H3,(H2,8,10). The van der Waals surface area contributed by atoms with Crippen LogP contribution in [0, 0.1) is 0 Å². The average Bonchev–Trinajstić information content (AvgIpc) is 1.87. The van der Waals surface area contributed by atoms with E-state index in [2.05, 4.69) is 4.74 Å². The lowest BCUT2D eigenvalue weighted by atomic mass is 10.2. The number of carbonyl (C=O) groups is 2. The maximum atomic E-state index is 10.6. The first-order valence-corrected chi connectivity index (χ1v) is 3.28. The minimum Gasteiger partial charge on any atom is -0.466 e. The van der Waals surface area contributed by atoms with Gasteiger partial charge in [0.1, 0.15) is 0 Å². The second-order valence-electron chi connectivity index (χ2n) is 2.02. The van der Waals surface area contributed by atoms with Crippen LogP contribution >= 0.6 is 0 Å². The van der Waals surface area contributed by atoms with E-state index in [9.17, 15) is 9.59 Å². The van der Waals surface area contributed by atoms with Crippen LogP contribution in [0.15, 0.2) is 0 Å². The van der Waals surface area contributed by atoms with Crippen LogP contribution in [0.5, 0.6) is 0 Å². The summed E-state index contributed by atoms with van der Waals surface area (Å²) in [5.74, 6) is -1.20. The molecular formula is C6H12N2O3. The minimum absolute atomic E-state index is 0.150. The molecule has 0 spiro atoms. The number of rotatable bonds is 4. The lowest BCUT2D eigenvalue weighted by molar-refractivity contribution is -0.144. The Morgan fingerprint density at radius 1 is 1.55 bits per heavy atom. The highest BCUT2D eigenvalue weighted by Crippen LogP contribution is 1.90. The second kappa shape index (κ2) is 4.68. The lowest BCUT2D eigenvalue weighted by Crippen LogP contribution is -2.38. The maximum absolute atomic E-state index is 10.6. The van der Waals surface area contributed by atoms with Crippen molar-refractivity contribution in [3.05, 3.63) is 0 Å². The Morgan fingerprint density at radius 3 is 2.45 bits per heavy atom. The van der Waals surface area contributed by atoms with E-state index < -0.39 is 17.9 Å². The van der Waals surface area contributed by atoms with Crippen LogP contribution in [0.4, 0.5) is 0 Å². The summed E-state index contributed by atoms with van der Waals surface area (Å²) in [6.45, 7) is 1.96. The van der Waals surface area contributed by atoms with Gasteiger partial charge in [-0.25, -0.2) is 0 Å². The molecule has 11 heavy (non-hydrogen) atoms. The fraction of sp³-hybridized carbons (Fsp3) is 0.667. The Kier molecular flexibility index (Phi) is 4.21. The first-order valence-electron chi connectivity index (χ1n) is 3.28. The number of primary amides is 1. The van der Waals surface area contributed by atoms with Gasteiger partial charge in [0.05, 0.1) is 19.1 Å². The van der Waals surface area contributed by atoms with Crippen LogP contribution in [-0.4, -0.2) is 24.5 Å². The molecule has 0 radical (unpaired) electrons. The number of nitrogens with two attached hydrogens (primary N) is 2. The fourth-order valence-corrected chi connectivity index (χ4v) is 0.500. The molecule has 1 amide bonds. The Hall–Kier alpha value is -1.10. The SMILES string of the molecule is CCOC(=O)CC(N)C(N)=O. The molecule has 5 nitrogen and oxygen atoms in total. The largest absolute Gasteiger partial charge is 0.466 e. The van der Waals surface area contributed by atoms with Crippen molar-refractivity contribution >= 4 is 11.9 Å². The zero-order valence-electron chi connectivity index (χ0n) is 6.37. The molecule has 0 aromatic carbocycles. The number of carbonyl (C=O) groups excluding carboxylic acids is 2. The molecule has 0 aromatic rings. The van der Waals surface area contributed by atoms with Gasteiger partial charge < -0.3 is 16.2 Å². The van der Waals surface area contributed by atoms with Gasteiger partial charge in [-0.3, -0.25) is 9.59 Å². The van der Waals surface area contributed by atoms with Gasteiger partial charge in [-0.05, 0) is 6.92 Å². The van der Waals surface area contributed by atoms with Crippen LogP contribution in [0.1, 0.15) is 13.3 Å². The van der Waals surface area contributed by atoms with E-state index in [1.807, 2.05) is 0 Å². The van der Waals surface area contributed by atoms with Gasteiger partial charge >= 0.3 is 5.97 Å². The Bertz CT molecular complexity index is 158. The van der Waals surface area contributed by atoms with Gasteiger partial charge in [0, 0.05) is 0 Å². The van der Waals surface area contributed by atoms with Crippen LogP contribution in [0.3, 0.4) is 0 Å². The van der Waals surface area contributed by atoms with E-state index in [0.717, 1.165) is 0 Å². The number of amides is 1. The zero-order chi connectivity index (χ0) is 8.85. The Balaban J connectivity index is 3.66. The normalized spacial score (nSPS) is 12.2. The highest BCUT2D eigenvalue weighted by atomic mass is 16.5. The molecule has 0 aliphatic carbocycles. The van der Waals surface area contributed by atoms with Gasteiger partial charge in [-0.2, -0.15) is 0 Å². The molecule has 64 valence electrons. The van der Waals surface area contributed by atoms with Gasteiger partial charge in [0.2, 0.25) is 5.91 Å². The Morgan fingerprint density at radius 2 is 2.09 bits per heavy atom. The average molecular weight is 160 g/mol. The molecule has 0 rings (SSSR count). The number of hydrogen-bond donors (Lipinski definition) is 2. The fourth-order valence-electron chi connectivity index (χ4n) is 0.500. The first kappa shape index (κ1) is 9.90. The van der Waals surface area contributed by atoms with Crippen molar-refractivity contribution in [1.82, 2.24) is 0 Å². The maximum Gasteiger partial charge on any atom is 0.307 e. The van der Waals surface area contributed by atoms with Crippen molar-refractivity contribution in [2.24, 2.45) is 11.5 Å². The van der Waals surface area contributed by atoms with Crippen molar-refractivity contribution in [3.63, 3.8) is 0 Å². The van der Waals surface area contributed by atoms with Crippen molar-refractivity contribution in [2.75, 3.05) is 6.61 Å². The molecule has 0 aromatic heterocycles. The molecule has 0 bridgehead atoms. The van der Waals surface area contributed by atoms with Crippen LogP contribution in [0.2, 0.25) is 0 Å². The van der Waals surface area contributed by atoms with Crippen molar-refractivity contribution in [2.45, 2.75) is 19.4 Å². The zero-order valence-corrected chi connectivity index (χ0v) is 6.37. The summed E-state index contributed by atoms with van der Waals surface area (Å²) in [6, 6.07) is -0.936. The topological polar surface area (TPSA) is 95.4 Å². The van der Waals surface area contributed by atoms with Gasteiger partial charge in [0.25, 0.3) is 0 Å². The lowest BCUT2D eigenvalue weighted by Gasteiger charge is -2.05. The monoisotopic (exact) mass is 160 g/mol.